The smallest absolute Gasteiger partial charge is 0.208 e. The maximum atomic E-state index is 8.60. The Morgan fingerprint density at radius 3 is 2.31 bits per heavy atom. The van der Waals surface area contributed by atoms with E-state index in [9.17, 15) is 0 Å². The van der Waals surface area contributed by atoms with E-state index in [-0.39, 0.29) is 0 Å². The predicted molar refractivity (Wildman–Crippen MR) is 70.9 cm³/mol. The summed E-state index contributed by atoms with van der Waals surface area (Å²) in [5, 5.41) is 9.30. The number of nitrogens with zero attached hydrogens (tertiary/aromatic N) is 3. The number of anilines is 1. The summed E-state index contributed by atoms with van der Waals surface area (Å²) in [5.74, 6) is 0. The van der Waals surface area contributed by atoms with Gasteiger partial charge in [-0.25, -0.2) is 0 Å². The average Bonchev–Trinajstić information content (AvgIpc) is 2.23. The van der Waals surface area contributed by atoms with Crippen LogP contribution in [0.15, 0.2) is 23.2 Å². The van der Waals surface area contributed by atoms with E-state index in [2.05, 4.69) is 37.0 Å². The summed E-state index contributed by atoms with van der Waals surface area (Å²) < 4.78 is 0. The molecule has 4 heteroatoms. The Hall–Kier alpha value is -1.47. The molecule has 0 aromatic heterocycles. The van der Waals surface area contributed by atoms with Gasteiger partial charge in [0.15, 0.2) is 5.17 Å². The highest BCUT2D eigenvalue weighted by atomic mass is 32.2. The van der Waals surface area contributed by atoms with Gasteiger partial charge in [0, 0.05) is 12.7 Å². The monoisotopic (exact) mass is 233 g/mol. The highest BCUT2D eigenvalue weighted by Gasteiger charge is 2.08. The zero-order valence-corrected chi connectivity index (χ0v) is 10.8. The second-order valence-electron chi connectivity index (χ2n) is 3.60. The highest BCUT2D eigenvalue weighted by molar-refractivity contribution is 8.13. The summed E-state index contributed by atoms with van der Waals surface area (Å²) in [7, 11) is 1.92. The molecule has 0 radical (unpaired) electrons. The van der Waals surface area contributed by atoms with Crippen LogP contribution in [0.4, 0.5) is 5.69 Å². The highest BCUT2D eigenvalue weighted by Crippen LogP contribution is 2.20. The Kier molecular flexibility index (Phi) is 4.39. The normalized spacial score (nSPS) is 11.1. The lowest BCUT2D eigenvalue weighted by molar-refractivity contribution is 1.25. The van der Waals surface area contributed by atoms with Crippen molar-refractivity contribution in [2.75, 3.05) is 18.2 Å². The summed E-state index contributed by atoms with van der Waals surface area (Å²) >= 11 is 1.46. The fraction of sp³-hybridized carbons (Fsp3) is 0.333. The fourth-order valence-electron chi connectivity index (χ4n) is 1.56. The molecule has 84 valence electrons. The topological polar surface area (TPSA) is 39.4 Å². The van der Waals surface area contributed by atoms with Gasteiger partial charge in [0.25, 0.3) is 0 Å². The van der Waals surface area contributed by atoms with Crippen molar-refractivity contribution < 1.29 is 0 Å². The van der Waals surface area contributed by atoms with Gasteiger partial charge in [-0.2, -0.15) is 5.26 Å². The minimum Gasteiger partial charge on any atom is -0.323 e. The number of thioether (sulfide) groups is 1. The van der Waals surface area contributed by atoms with E-state index < -0.39 is 0 Å². The van der Waals surface area contributed by atoms with Crippen LogP contribution in [0.1, 0.15) is 11.1 Å². The Bertz CT molecular complexity index is 426. The molecule has 0 amide bonds. The van der Waals surface area contributed by atoms with Crippen molar-refractivity contribution in [3.8, 4) is 6.19 Å². The van der Waals surface area contributed by atoms with Crippen molar-refractivity contribution in [2.45, 2.75) is 13.8 Å². The van der Waals surface area contributed by atoms with Gasteiger partial charge in [0.1, 0.15) is 0 Å². The Morgan fingerprint density at radius 2 is 1.88 bits per heavy atom. The van der Waals surface area contributed by atoms with Crippen LogP contribution < -0.4 is 4.90 Å². The van der Waals surface area contributed by atoms with E-state index in [4.69, 9.17) is 5.26 Å². The molecule has 1 rings (SSSR count). The summed E-state index contributed by atoms with van der Waals surface area (Å²) in [6, 6.07) is 6.28. The molecule has 0 unspecified atom stereocenters. The van der Waals surface area contributed by atoms with Gasteiger partial charge in [0.05, 0.1) is 0 Å². The number of rotatable bonds is 1. The molecule has 0 saturated carbocycles. The third-order valence-electron chi connectivity index (χ3n) is 2.21. The maximum Gasteiger partial charge on any atom is 0.208 e. The number of hydrogen-bond acceptors (Lipinski definition) is 3. The molecule has 0 atom stereocenters. The van der Waals surface area contributed by atoms with Crippen molar-refractivity contribution in [3.63, 3.8) is 0 Å². The van der Waals surface area contributed by atoms with Gasteiger partial charge in [0.2, 0.25) is 6.19 Å². The van der Waals surface area contributed by atoms with E-state index in [0.717, 1.165) is 5.69 Å². The van der Waals surface area contributed by atoms with E-state index in [1.807, 2.05) is 24.4 Å². The van der Waals surface area contributed by atoms with Gasteiger partial charge in [-0.15, -0.1) is 4.99 Å². The molecule has 0 aliphatic heterocycles. The van der Waals surface area contributed by atoms with Crippen molar-refractivity contribution in [1.82, 2.24) is 0 Å². The van der Waals surface area contributed by atoms with Crippen LogP contribution in [0, 0.1) is 25.3 Å². The molecule has 0 N–H and O–H groups in total. The SMILES string of the molecule is CS/C(=N\C#N)N(C)c1cc(C)cc(C)c1. The van der Waals surface area contributed by atoms with Crippen LogP contribution >= 0.6 is 11.8 Å². The van der Waals surface area contributed by atoms with Crippen LogP contribution in [-0.2, 0) is 0 Å². The molecule has 0 fully saturated rings. The number of aryl methyl sites for hydroxylation is 2. The zero-order valence-electron chi connectivity index (χ0n) is 9.98. The first kappa shape index (κ1) is 12.6. The minimum absolute atomic E-state index is 0.701. The predicted octanol–water partition coefficient (Wildman–Crippen LogP) is 2.94. The largest absolute Gasteiger partial charge is 0.323 e. The second-order valence-corrected chi connectivity index (χ2v) is 4.38. The molecule has 3 nitrogen and oxygen atoms in total. The van der Waals surface area contributed by atoms with Crippen molar-refractivity contribution >= 4 is 22.6 Å². The number of nitriles is 1. The average molecular weight is 233 g/mol. The lowest BCUT2D eigenvalue weighted by Crippen LogP contribution is -2.23. The van der Waals surface area contributed by atoms with Crippen LogP contribution in [0.2, 0.25) is 0 Å². The molecule has 1 aromatic carbocycles. The van der Waals surface area contributed by atoms with Crippen molar-refractivity contribution in [1.29, 1.82) is 5.26 Å². The second kappa shape index (κ2) is 5.57. The summed E-state index contributed by atoms with van der Waals surface area (Å²) in [6.45, 7) is 4.12. The summed E-state index contributed by atoms with van der Waals surface area (Å²) in [5.41, 5.74) is 3.47. The molecule has 1 aromatic rings. The number of hydrogen-bond donors (Lipinski definition) is 0. The van der Waals surface area contributed by atoms with Crippen LogP contribution in [0.3, 0.4) is 0 Å². The molecule has 0 saturated heterocycles. The summed E-state index contributed by atoms with van der Waals surface area (Å²) in [6.07, 6.45) is 3.74. The molecule has 0 spiro atoms. The first-order valence-corrected chi connectivity index (χ1v) is 6.13. The van der Waals surface area contributed by atoms with Gasteiger partial charge in [-0.05, 0) is 43.4 Å². The number of aliphatic imine (C=N–C) groups is 1. The van der Waals surface area contributed by atoms with Crippen molar-refractivity contribution in [3.05, 3.63) is 29.3 Å². The van der Waals surface area contributed by atoms with Gasteiger partial charge in [-0.3, -0.25) is 0 Å². The summed E-state index contributed by atoms with van der Waals surface area (Å²) in [4.78, 5) is 5.71. The van der Waals surface area contributed by atoms with Gasteiger partial charge >= 0.3 is 0 Å². The molecule has 16 heavy (non-hydrogen) atoms. The minimum atomic E-state index is 0.701. The van der Waals surface area contributed by atoms with Crippen LogP contribution in [0.25, 0.3) is 0 Å². The van der Waals surface area contributed by atoms with E-state index in [1.54, 1.807) is 0 Å². The quantitative estimate of drug-likeness (QED) is 0.425. The first-order valence-electron chi connectivity index (χ1n) is 4.91. The third kappa shape index (κ3) is 3.01. The molecule has 0 aliphatic rings. The molecule has 0 heterocycles. The van der Waals surface area contributed by atoms with E-state index >= 15 is 0 Å². The molecule has 0 bridgehead atoms. The van der Waals surface area contributed by atoms with E-state index in [0.29, 0.717) is 5.17 Å². The maximum absolute atomic E-state index is 8.60. The van der Waals surface area contributed by atoms with Gasteiger partial charge in [-0.1, -0.05) is 17.8 Å². The zero-order chi connectivity index (χ0) is 12.1. The Morgan fingerprint density at radius 1 is 1.31 bits per heavy atom. The van der Waals surface area contributed by atoms with Crippen molar-refractivity contribution in [2.24, 2.45) is 4.99 Å². The standard InChI is InChI=1S/C12H15N3S/c1-9-5-10(2)7-11(6-9)15(3)12(16-4)14-8-13/h5-7H,1-4H3/b14-12-. The molecule has 0 aliphatic carbocycles. The molecular weight excluding hydrogens is 218 g/mol. The Balaban J connectivity index is 3.09. The van der Waals surface area contributed by atoms with E-state index in [1.165, 1.54) is 22.9 Å². The first-order chi connectivity index (χ1) is 7.58. The van der Waals surface area contributed by atoms with Gasteiger partial charge < -0.3 is 4.90 Å². The Labute approximate surface area is 101 Å². The lowest BCUT2D eigenvalue weighted by Gasteiger charge is -2.19. The third-order valence-corrected chi connectivity index (χ3v) is 2.94. The van der Waals surface area contributed by atoms with Crippen LogP contribution in [-0.4, -0.2) is 18.5 Å². The number of amidine groups is 1. The molecular formula is C12H15N3S. The van der Waals surface area contributed by atoms with Crippen LogP contribution in [0.5, 0.6) is 0 Å². The number of benzene rings is 1. The fourth-order valence-corrected chi connectivity index (χ4v) is 2.07. The lowest BCUT2D eigenvalue weighted by atomic mass is 10.1.